The van der Waals surface area contributed by atoms with Gasteiger partial charge in [-0.2, -0.15) is 0 Å². The molecule has 3 rings (SSSR count). The minimum Gasteiger partial charge on any atom is -0.496 e. The Kier molecular flexibility index (Phi) is 5.41. The number of aryl methyl sites for hydroxylation is 1. The van der Waals surface area contributed by atoms with Crippen LogP contribution in [0.2, 0.25) is 0 Å². The zero-order chi connectivity index (χ0) is 18.7. The number of Topliss-reactive ketones (excluding diaryl/α,β-unsaturated/α-hetero) is 1. The second-order valence-corrected chi connectivity index (χ2v) is 6.44. The summed E-state index contributed by atoms with van der Waals surface area (Å²) >= 11 is 1.25. The van der Waals surface area contributed by atoms with Gasteiger partial charge in [-0.1, -0.05) is 11.8 Å². The van der Waals surface area contributed by atoms with Crippen molar-refractivity contribution in [2.24, 2.45) is 0 Å². The average molecular weight is 375 g/mol. The number of carbonyl (C=O) groups is 1. The maximum absolute atomic E-state index is 13.5. The first kappa shape index (κ1) is 18.2. The highest BCUT2D eigenvalue weighted by Gasteiger charge is 2.19. The molecule has 2 aromatic heterocycles. The van der Waals surface area contributed by atoms with Crippen LogP contribution in [0.4, 0.5) is 4.39 Å². The number of aromatic nitrogens is 3. The fraction of sp³-hybridized carbons (Fsp3) is 0.278. The van der Waals surface area contributed by atoms with E-state index in [4.69, 9.17) is 9.15 Å². The fourth-order valence-corrected chi connectivity index (χ4v) is 3.49. The third-order valence-electron chi connectivity index (χ3n) is 3.93. The molecule has 0 amide bonds. The number of nitrogens with zero attached hydrogens (tertiary/aromatic N) is 3. The maximum atomic E-state index is 13.5. The molecule has 26 heavy (non-hydrogen) atoms. The molecule has 136 valence electrons. The molecule has 0 atom stereocenters. The highest BCUT2D eigenvalue weighted by Crippen LogP contribution is 2.28. The van der Waals surface area contributed by atoms with Crippen molar-refractivity contribution in [3.63, 3.8) is 0 Å². The molecule has 6 nitrogen and oxygen atoms in total. The fourth-order valence-electron chi connectivity index (χ4n) is 2.60. The summed E-state index contributed by atoms with van der Waals surface area (Å²) < 4.78 is 25.9. The van der Waals surface area contributed by atoms with Crippen molar-refractivity contribution in [2.45, 2.75) is 25.5 Å². The number of methoxy groups -OCH3 is 1. The van der Waals surface area contributed by atoms with Gasteiger partial charge in [0.15, 0.2) is 16.8 Å². The number of thioether (sulfide) groups is 1. The molecule has 0 spiro atoms. The molecule has 8 heteroatoms. The van der Waals surface area contributed by atoms with E-state index in [1.165, 1.54) is 37.1 Å². The molecular formula is C18H18FN3O3S. The van der Waals surface area contributed by atoms with Gasteiger partial charge in [0, 0.05) is 6.54 Å². The van der Waals surface area contributed by atoms with E-state index in [1.807, 2.05) is 24.5 Å². The van der Waals surface area contributed by atoms with Crippen LogP contribution in [-0.2, 0) is 6.54 Å². The second kappa shape index (κ2) is 7.74. The Morgan fingerprint density at radius 2 is 2.15 bits per heavy atom. The van der Waals surface area contributed by atoms with Crippen LogP contribution in [0.1, 0.15) is 23.0 Å². The van der Waals surface area contributed by atoms with Crippen molar-refractivity contribution in [3.05, 3.63) is 47.7 Å². The lowest BCUT2D eigenvalue weighted by Crippen LogP contribution is -2.07. The monoisotopic (exact) mass is 375 g/mol. The van der Waals surface area contributed by atoms with Crippen molar-refractivity contribution in [1.82, 2.24) is 14.8 Å². The third-order valence-corrected chi connectivity index (χ3v) is 4.89. The number of ether oxygens (including phenoxy) is 1. The average Bonchev–Trinajstić information content (AvgIpc) is 3.24. The molecule has 3 aromatic rings. The Morgan fingerprint density at radius 1 is 1.35 bits per heavy atom. The summed E-state index contributed by atoms with van der Waals surface area (Å²) in [6.07, 6.45) is 1.60. The smallest absolute Gasteiger partial charge is 0.191 e. The first-order chi connectivity index (χ1) is 12.5. The topological polar surface area (TPSA) is 70.2 Å². The second-order valence-electron chi connectivity index (χ2n) is 5.50. The summed E-state index contributed by atoms with van der Waals surface area (Å²) in [5, 5.41) is 9.03. The first-order valence-corrected chi connectivity index (χ1v) is 9.01. The number of hydrogen-bond acceptors (Lipinski definition) is 6. The van der Waals surface area contributed by atoms with Gasteiger partial charge in [-0.15, -0.1) is 10.2 Å². The van der Waals surface area contributed by atoms with Crippen LogP contribution in [0.15, 0.2) is 40.1 Å². The summed E-state index contributed by atoms with van der Waals surface area (Å²) in [7, 11) is 1.45. The summed E-state index contributed by atoms with van der Waals surface area (Å²) in [5.41, 5.74) is 1.08. The predicted octanol–water partition coefficient (Wildman–Crippen LogP) is 3.99. The largest absolute Gasteiger partial charge is 0.496 e. The van der Waals surface area contributed by atoms with Gasteiger partial charge in [-0.3, -0.25) is 4.79 Å². The maximum Gasteiger partial charge on any atom is 0.191 e. The Morgan fingerprint density at radius 3 is 2.81 bits per heavy atom. The molecule has 0 aliphatic heterocycles. The van der Waals surface area contributed by atoms with Crippen LogP contribution in [0.5, 0.6) is 5.75 Å². The molecule has 0 fully saturated rings. The van der Waals surface area contributed by atoms with Gasteiger partial charge in [0.05, 0.1) is 30.3 Å². The van der Waals surface area contributed by atoms with Crippen LogP contribution in [-0.4, -0.2) is 33.4 Å². The summed E-state index contributed by atoms with van der Waals surface area (Å²) in [5.74, 6) is 1.18. The van der Waals surface area contributed by atoms with Crippen molar-refractivity contribution < 1.29 is 18.3 Å². The first-order valence-electron chi connectivity index (χ1n) is 8.02. The molecule has 0 aliphatic rings. The molecule has 0 unspecified atom stereocenters. The highest BCUT2D eigenvalue weighted by atomic mass is 32.2. The van der Waals surface area contributed by atoms with Crippen LogP contribution in [0.25, 0.3) is 11.4 Å². The lowest BCUT2D eigenvalue weighted by molar-refractivity contribution is 0.101. The van der Waals surface area contributed by atoms with E-state index in [2.05, 4.69) is 10.2 Å². The quantitative estimate of drug-likeness (QED) is 0.459. The van der Waals surface area contributed by atoms with Crippen LogP contribution < -0.4 is 4.74 Å². The number of carbonyl (C=O) groups excluding carboxylic acids is 1. The van der Waals surface area contributed by atoms with Crippen LogP contribution >= 0.6 is 11.8 Å². The highest BCUT2D eigenvalue weighted by molar-refractivity contribution is 7.99. The summed E-state index contributed by atoms with van der Waals surface area (Å²) in [4.78, 5) is 12.5. The molecular weight excluding hydrogens is 357 g/mol. The normalized spacial score (nSPS) is 10.9. The van der Waals surface area contributed by atoms with Crippen molar-refractivity contribution in [1.29, 1.82) is 0 Å². The number of furan rings is 1. The number of rotatable bonds is 7. The Bertz CT molecular complexity index is 936. The molecule has 0 bridgehead atoms. The molecule has 1 aromatic carbocycles. The zero-order valence-corrected chi connectivity index (χ0v) is 15.5. The zero-order valence-electron chi connectivity index (χ0n) is 14.7. The van der Waals surface area contributed by atoms with Crippen molar-refractivity contribution >= 4 is 17.5 Å². The molecule has 2 heterocycles. The molecule has 0 aliphatic carbocycles. The van der Waals surface area contributed by atoms with Gasteiger partial charge in [0.2, 0.25) is 0 Å². The molecule has 0 N–H and O–H groups in total. The molecule has 0 radical (unpaired) electrons. The van der Waals surface area contributed by atoms with E-state index in [9.17, 15) is 9.18 Å². The van der Waals surface area contributed by atoms with E-state index in [-0.39, 0.29) is 17.1 Å². The lowest BCUT2D eigenvalue weighted by atomic mass is 10.1. The van der Waals surface area contributed by atoms with Crippen molar-refractivity contribution in [2.75, 3.05) is 12.9 Å². The lowest BCUT2D eigenvalue weighted by Gasteiger charge is -2.08. The van der Waals surface area contributed by atoms with Crippen LogP contribution in [0.3, 0.4) is 0 Å². The van der Waals surface area contributed by atoms with Gasteiger partial charge in [-0.25, -0.2) is 4.39 Å². The van der Waals surface area contributed by atoms with Gasteiger partial charge in [0.1, 0.15) is 17.3 Å². The Balaban J connectivity index is 1.80. The predicted molar refractivity (Wildman–Crippen MR) is 96.1 cm³/mol. The van der Waals surface area contributed by atoms with Gasteiger partial charge >= 0.3 is 0 Å². The van der Waals surface area contributed by atoms with E-state index in [0.717, 1.165) is 11.3 Å². The number of hydrogen-bond donors (Lipinski definition) is 0. The molecule has 0 saturated heterocycles. The SMILES string of the molecule is CCn1c(SCC(=O)c2cc(F)ccc2OC)nnc1-c1ccoc1C. The molecule has 0 saturated carbocycles. The Labute approximate surface area is 154 Å². The van der Waals surface area contributed by atoms with Gasteiger partial charge < -0.3 is 13.7 Å². The van der Waals surface area contributed by atoms with Gasteiger partial charge in [0.25, 0.3) is 0 Å². The summed E-state index contributed by atoms with van der Waals surface area (Å²) in [6.45, 7) is 4.48. The van der Waals surface area contributed by atoms with E-state index >= 15 is 0 Å². The Hall–Kier alpha value is -2.61. The number of benzene rings is 1. The van der Waals surface area contributed by atoms with Crippen molar-refractivity contribution in [3.8, 4) is 17.1 Å². The van der Waals surface area contributed by atoms with Gasteiger partial charge in [-0.05, 0) is 38.1 Å². The van der Waals surface area contributed by atoms with E-state index < -0.39 is 5.82 Å². The number of ketones is 1. The standard InChI is InChI=1S/C18H18FN3O3S/c1-4-22-17(13-7-8-25-11(13)2)20-21-18(22)26-10-15(23)14-9-12(19)5-6-16(14)24-3/h5-9H,4,10H2,1-3H3. The third kappa shape index (κ3) is 3.50. The van der Waals surface area contributed by atoms with E-state index in [1.54, 1.807) is 6.26 Å². The summed E-state index contributed by atoms with van der Waals surface area (Å²) in [6, 6.07) is 5.73. The van der Waals surface area contributed by atoms with E-state index in [0.29, 0.717) is 23.3 Å². The van der Waals surface area contributed by atoms with Crippen LogP contribution in [0, 0.1) is 12.7 Å². The number of halogens is 1. The minimum absolute atomic E-state index is 0.0995. The minimum atomic E-state index is -0.478.